The topological polar surface area (TPSA) is 114 Å². The Hall–Kier alpha value is -5.23. The Kier molecular flexibility index (Phi) is 12.7. The van der Waals surface area contributed by atoms with Crippen LogP contribution in [-0.2, 0) is 28.1 Å². The Morgan fingerprint density at radius 2 is 1.38 bits per heavy atom. The molecule has 0 radical (unpaired) electrons. The summed E-state index contributed by atoms with van der Waals surface area (Å²) in [7, 11) is -3.22. The minimum atomic E-state index is -3.22. The molecule has 2 aromatic heterocycles. The highest BCUT2D eigenvalue weighted by atomic mass is 79.9. The Bertz CT molecular complexity index is 2440. The zero-order chi connectivity index (χ0) is 43.6. The van der Waals surface area contributed by atoms with Gasteiger partial charge in [-0.25, -0.2) is 9.78 Å². The number of hydrogen-bond acceptors (Lipinski definition) is 6. The van der Waals surface area contributed by atoms with Crippen molar-refractivity contribution < 1.29 is 19.1 Å². The average molecular weight is 901 g/mol. The second kappa shape index (κ2) is 17.6. The summed E-state index contributed by atoms with van der Waals surface area (Å²) >= 11 is 3.76. The van der Waals surface area contributed by atoms with E-state index < -0.39 is 24.8 Å². The first kappa shape index (κ1) is 43.8. The number of carbonyl (C=O) groups is 2. The number of amides is 2. The molecule has 0 spiro atoms. The molecule has 3 N–H and O–H groups in total. The van der Waals surface area contributed by atoms with E-state index >= 15 is 0 Å². The molecule has 7 rings (SSSR count). The summed E-state index contributed by atoms with van der Waals surface area (Å²) < 4.78 is 8.69. The van der Waals surface area contributed by atoms with Gasteiger partial charge in [-0.3, -0.25) is 4.79 Å². The third-order valence-electron chi connectivity index (χ3n) is 12.7. The van der Waals surface area contributed by atoms with Crippen LogP contribution in [-0.4, -0.2) is 65.7 Å². The van der Waals surface area contributed by atoms with Crippen molar-refractivity contribution in [3.63, 3.8) is 0 Å². The van der Waals surface area contributed by atoms with E-state index in [2.05, 4.69) is 95.6 Å². The molecule has 1 aliphatic rings. The molecule has 0 aliphatic carbocycles. The van der Waals surface area contributed by atoms with Gasteiger partial charge in [0.25, 0.3) is 8.32 Å². The zero-order valence-electron chi connectivity index (χ0n) is 36.2. The van der Waals surface area contributed by atoms with Crippen molar-refractivity contribution in [3.05, 3.63) is 143 Å². The van der Waals surface area contributed by atoms with Crippen molar-refractivity contribution in [1.29, 1.82) is 0 Å². The van der Waals surface area contributed by atoms with Gasteiger partial charge < -0.3 is 29.6 Å². The Balaban J connectivity index is 1.21. The molecule has 0 bridgehead atoms. The molecule has 61 heavy (non-hydrogen) atoms. The molecule has 0 unspecified atom stereocenters. The van der Waals surface area contributed by atoms with Crippen LogP contribution in [0.1, 0.15) is 65.5 Å². The molecule has 318 valence electrons. The average Bonchev–Trinajstić information content (AvgIpc) is 3.58. The van der Waals surface area contributed by atoms with E-state index in [-0.39, 0.29) is 18.1 Å². The standard InChI is InChI=1S/C50H58BrN5O4Si/c1-48(2,25-26-49(3,4)61(59,39-18-12-8-13-19-39)40-20-14-9-15-21-40)34-42-41-33-38(51)22-23-43(41)56(50(5,6)46(52)57)45(42)37-24-27-53-44(32-37)54-28-30-55(31-29-54)47(58)60-35-36-16-10-7-11-17-36/h7-24,27,32-33,59H,25-26,28-31,34-35H2,1-6H3,(H2,52,57). The van der Waals surface area contributed by atoms with Crippen molar-refractivity contribution in [2.24, 2.45) is 11.1 Å². The zero-order valence-corrected chi connectivity index (χ0v) is 38.8. The monoisotopic (exact) mass is 899 g/mol. The van der Waals surface area contributed by atoms with Crippen molar-refractivity contribution in [2.45, 2.75) is 78.0 Å². The second-order valence-electron chi connectivity index (χ2n) is 18.3. The maximum Gasteiger partial charge on any atom is 0.410 e. The van der Waals surface area contributed by atoms with Gasteiger partial charge in [0.05, 0.1) is 5.69 Å². The van der Waals surface area contributed by atoms with E-state index in [9.17, 15) is 14.4 Å². The summed E-state index contributed by atoms with van der Waals surface area (Å²) in [5.74, 6) is 0.361. The third kappa shape index (κ3) is 9.06. The highest BCUT2D eigenvalue weighted by Gasteiger charge is 2.50. The Labute approximate surface area is 369 Å². The first-order valence-corrected chi connectivity index (χ1v) is 23.9. The van der Waals surface area contributed by atoms with Gasteiger partial charge in [0, 0.05) is 53.3 Å². The lowest BCUT2D eigenvalue weighted by Crippen LogP contribution is -2.65. The molecule has 11 heteroatoms. The van der Waals surface area contributed by atoms with Gasteiger partial charge in [-0.15, -0.1) is 0 Å². The van der Waals surface area contributed by atoms with E-state index in [1.807, 2.05) is 98.9 Å². The van der Waals surface area contributed by atoms with Crippen LogP contribution in [0, 0.1) is 5.41 Å². The largest absolute Gasteiger partial charge is 0.445 e. The number of carbonyl (C=O) groups excluding carboxylic acids is 2. The quantitative estimate of drug-likeness (QED) is 0.106. The number of piperazine rings is 1. The van der Waals surface area contributed by atoms with Gasteiger partial charge in [-0.05, 0) is 95.4 Å². The number of nitrogens with zero attached hydrogens (tertiary/aromatic N) is 4. The van der Waals surface area contributed by atoms with Gasteiger partial charge in [-0.2, -0.15) is 0 Å². The highest BCUT2D eigenvalue weighted by molar-refractivity contribution is 9.10. The fourth-order valence-corrected chi connectivity index (χ4v) is 13.0. The van der Waals surface area contributed by atoms with E-state index in [4.69, 9.17) is 15.5 Å². The fourth-order valence-electron chi connectivity index (χ4n) is 8.87. The molecule has 9 nitrogen and oxygen atoms in total. The first-order valence-electron chi connectivity index (χ1n) is 21.2. The molecule has 6 aromatic rings. The number of fused-ring (bicyclic) bond motifs is 1. The number of pyridine rings is 1. The van der Waals surface area contributed by atoms with Gasteiger partial charge >= 0.3 is 6.09 Å². The number of hydrogen-bond donors (Lipinski definition) is 2. The minimum absolute atomic E-state index is 0.228. The van der Waals surface area contributed by atoms with Crippen LogP contribution in [0.5, 0.6) is 0 Å². The number of ether oxygens (including phenoxy) is 1. The lowest BCUT2D eigenvalue weighted by molar-refractivity contribution is -0.124. The summed E-state index contributed by atoms with van der Waals surface area (Å²) in [6.45, 7) is 15.3. The Morgan fingerprint density at radius 1 is 0.787 bits per heavy atom. The van der Waals surface area contributed by atoms with Crippen molar-refractivity contribution in [2.75, 3.05) is 31.1 Å². The van der Waals surface area contributed by atoms with E-state index in [0.29, 0.717) is 32.6 Å². The maximum absolute atomic E-state index is 13.4. The van der Waals surface area contributed by atoms with E-state index in [0.717, 1.165) is 66.8 Å². The summed E-state index contributed by atoms with van der Waals surface area (Å²) in [5, 5.41) is 2.65. The van der Waals surface area contributed by atoms with Gasteiger partial charge in [0.2, 0.25) is 5.91 Å². The van der Waals surface area contributed by atoms with Crippen LogP contribution in [0.4, 0.5) is 10.6 Å². The molecule has 1 fully saturated rings. The van der Waals surface area contributed by atoms with Gasteiger partial charge in [0.15, 0.2) is 0 Å². The smallest absolute Gasteiger partial charge is 0.410 e. The van der Waals surface area contributed by atoms with Crippen molar-refractivity contribution in [1.82, 2.24) is 14.5 Å². The molecular weight excluding hydrogens is 843 g/mol. The fraction of sp³-hybridized carbons (Fsp3) is 0.340. The first-order chi connectivity index (χ1) is 29.0. The van der Waals surface area contributed by atoms with Crippen molar-refractivity contribution >= 4 is 63.3 Å². The predicted molar refractivity (Wildman–Crippen MR) is 253 cm³/mol. The highest BCUT2D eigenvalue weighted by Crippen LogP contribution is 2.47. The maximum atomic E-state index is 13.4. The number of primary amides is 1. The molecule has 2 amide bonds. The summed E-state index contributed by atoms with van der Waals surface area (Å²) in [4.78, 5) is 48.1. The van der Waals surface area contributed by atoms with Crippen LogP contribution in [0.25, 0.3) is 22.2 Å². The molecule has 4 aromatic carbocycles. The summed E-state index contributed by atoms with van der Waals surface area (Å²) in [5.41, 5.74) is 9.77. The van der Waals surface area contributed by atoms with Gasteiger partial charge in [-0.1, -0.05) is 135 Å². The third-order valence-corrected chi connectivity index (χ3v) is 17.8. The lowest BCUT2D eigenvalue weighted by Gasteiger charge is -2.43. The number of anilines is 1. The number of benzene rings is 4. The summed E-state index contributed by atoms with van der Waals surface area (Å²) in [6.07, 6.45) is 3.84. The lowest BCUT2D eigenvalue weighted by atomic mass is 9.78. The Morgan fingerprint density at radius 3 is 1.97 bits per heavy atom. The number of halogens is 1. The summed E-state index contributed by atoms with van der Waals surface area (Å²) in [6, 6.07) is 40.5. The van der Waals surface area contributed by atoms with Crippen LogP contribution in [0.15, 0.2) is 132 Å². The van der Waals surface area contributed by atoms with E-state index in [1.54, 1.807) is 4.90 Å². The van der Waals surface area contributed by atoms with Crippen LogP contribution in [0.3, 0.4) is 0 Å². The van der Waals surface area contributed by atoms with E-state index in [1.165, 1.54) is 0 Å². The van der Waals surface area contributed by atoms with Gasteiger partial charge in [0.1, 0.15) is 18.0 Å². The minimum Gasteiger partial charge on any atom is -0.445 e. The molecule has 0 saturated carbocycles. The molecule has 0 atom stereocenters. The SMILES string of the molecule is CC(C)(CCC(C)(C)[Si](O)(c1ccccc1)c1ccccc1)Cc1c(-c2ccnc(N3CCN(C(=O)OCc4ccccc4)CC3)c2)n(C(C)(C)C(N)=O)c2ccc(Br)cc12. The molecule has 1 aliphatic heterocycles. The number of nitrogens with two attached hydrogens (primary N) is 1. The molecule has 3 heterocycles. The number of rotatable bonds is 14. The normalized spacial score (nSPS) is 14.0. The number of aromatic nitrogens is 2. The van der Waals surface area contributed by atoms with Crippen molar-refractivity contribution in [3.8, 4) is 11.3 Å². The second-order valence-corrected chi connectivity index (χ2v) is 23.2. The van der Waals surface area contributed by atoms with Crippen LogP contribution < -0.4 is 21.0 Å². The molecule has 1 saturated heterocycles. The van der Waals surface area contributed by atoms with Crippen LogP contribution in [0.2, 0.25) is 5.04 Å². The molecular formula is C50H58BrN5O4Si. The predicted octanol–water partition coefficient (Wildman–Crippen LogP) is 9.03. The van der Waals surface area contributed by atoms with Crippen LogP contribution >= 0.6 is 15.9 Å².